The summed E-state index contributed by atoms with van der Waals surface area (Å²) >= 11 is 0. The van der Waals surface area contributed by atoms with E-state index in [1.165, 1.54) is 0 Å². The normalized spacial score (nSPS) is 16.6. The van der Waals surface area contributed by atoms with Crippen LogP contribution in [0.4, 0.5) is 0 Å². The second-order valence-electron chi connectivity index (χ2n) is 5.70. The lowest BCUT2D eigenvalue weighted by atomic mass is 9.77. The summed E-state index contributed by atoms with van der Waals surface area (Å²) in [6, 6.07) is 3.59. The van der Waals surface area contributed by atoms with E-state index in [-0.39, 0.29) is 0 Å². The molecule has 3 aromatic rings. The Kier molecular flexibility index (Phi) is 2.90. The van der Waals surface area contributed by atoms with E-state index in [2.05, 4.69) is 15.1 Å². The molecular weight excluding hydrogens is 284 g/mol. The number of furan rings is 1. The van der Waals surface area contributed by atoms with Crippen LogP contribution in [0.5, 0.6) is 0 Å². The quantitative estimate of drug-likeness (QED) is 0.789. The molecule has 7 nitrogen and oxygen atoms in total. The lowest BCUT2D eigenvalue weighted by Crippen LogP contribution is -2.44. The van der Waals surface area contributed by atoms with Crippen molar-refractivity contribution in [2.45, 2.75) is 38.1 Å². The number of hydrogen-bond donors (Lipinski definition) is 1. The van der Waals surface area contributed by atoms with Crippen LogP contribution < -0.4 is 5.73 Å². The summed E-state index contributed by atoms with van der Waals surface area (Å²) < 4.78 is 16.2. The van der Waals surface area contributed by atoms with Gasteiger partial charge >= 0.3 is 0 Å². The fourth-order valence-electron chi connectivity index (χ4n) is 2.55. The fourth-order valence-corrected chi connectivity index (χ4v) is 2.55. The molecule has 1 fully saturated rings. The Labute approximate surface area is 126 Å². The molecule has 114 valence electrons. The largest absolute Gasteiger partial charge is 0.459 e. The van der Waals surface area contributed by atoms with Crippen LogP contribution in [0, 0.1) is 6.92 Å². The van der Waals surface area contributed by atoms with E-state index in [4.69, 9.17) is 19.1 Å². The number of aryl methyl sites for hydroxylation is 1. The minimum atomic E-state index is -0.417. The lowest BCUT2D eigenvalue weighted by Gasteiger charge is -2.34. The molecule has 0 aromatic carbocycles. The van der Waals surface area contributed by atoms with Crippen LogP contribution in [0.25, 0.3) is 11.7 Å². The van der Waals surface area contributed by atoms with Crippen molar-refractivity contribution in [1.29, 1.82) is 0 Å². The predicted molar refractivity (Wildman–Crippen MR) is 75.8 cm³/mol. The highest BCUT2D eigenvalue weighted by Crippen LogP contribution is 2.37. The molecule has 0 aliphatic heterocycles. The first kappa shape index (κ1) is 13.3. The first-order valence-electron chi connectivity index (χ1n) is 7.26. The maximum absolute atomic E-state index is 6.20. The highest BCUT2D eigenvalue weighted by molar-refractivity contribution is 5.44. The summed E-state index contributed by atoms with van der Waals surface area (Å²) in [6.45, 7) is 1.85. The van der Waals surface area contributed by atoms with E-state index in [9.17, 15) is 0 Å². The summed E-state index contributed by atoms with van der Waals surface area (Å²) in [6.07, 6.45) is 4.90. The van der Waals surface area contributed by atoms with E-state index in [1.807, 2.05) is 6.92 Å². The maximum Gasteiger partial charge on any atom is 0.263 e. The first-order valence-corrected chi connectivity index (χ1v) is 7.26. The summed E-state index contributed by atoms with van der Waals surface area (Å²) in [5.74, 6) is 2.83. The molecule has 3 aromatic heterocycles. The highest BCUT2D eigenvalue weighted by atomic mass is 16.5. The van der Waals surface area contributed by atoms with E-state index >= 15 is 0 Å². The SMILES string of the molecule is Cc1oc(-c2ccco2)nc1Cc1nc(C2(N)CCC2)no1. The highest BCUT2D eigenvalue weighted by Gasteiger charge is 2.39. The van der Waals surface area contributed by atoms with Crippen molar-refractivity contribution < 1.29 is 13.4 Å². The van der Waals surface area contributed by atoms with Gasteiger partial charge in [-0.15, -0.1) is 0 Å². The zero-order valence-electron chi connectivity index (χ0n) is 12.2. The summed E-state index contributed by atoms with van der Waals surface area (Å²) in [5, 5.41) is 4.00. The monoisotopic (exact) mass is 300 g/mol. The zero-order chi connectivity index (χ0) is 15.2. The Bertz CT molecular complexity index is 784. The van der Waals surface area contributed by atoms with E-state index < -0.39 is 5.54 Å². The lowest BCUT2D eigenvalue weighted by molar-refractivity contribution is 0.229. The van der Waals surface area contributed by atoms with Crippen LogP contribution in [0.2, 0.25) is 0 Å². The van der Waals surface area contributed by atoms with Gasteiger partial charge in [0, 0.05) is 0 Å². The minimum absolute atomic E-state index is 0.416. The molecular formula is C15H16N4O3. The molecule has 1 saturated carbocycles. The van der Waals surface area contributed by atoms with Gasteiger partial charge in [0.25, 0.3) is 5.89 Å². The van der Waals surface area contributed by atoms with Crippen LogP contribution in [-0.4, -0.2) is 15.1 Å². The molecule has 3 heterocycles. The molecule has 1 aliphatic rings. The van der Waals surface area contributed by atoms with Crippen molar-refractivity contribution in [2.24, 2.45) is 5.73 Å². The van der Waals surface area contributed by atoms with Gasteiger partial charge in [-0.25, -0.2) is 4.98 Å². The van der Waals surface area contributed by atoms with E-state index in [1.54, 1.807) is 18.4 Å². The van der Waals surface area contributed by atoms with Gasteiger partial charge in [-0.1, -0.05) is 5.16 Å². The number of hydrogen-bond acceptors (Lipinski definition) is 7. The molecule has 0 bridgehead atoms. The summed E-state index contributed by atoms with van der Waals surface area (Å²) in [7, 11) is 0. The fraction of sp³-hybridized carbons (Fsp3) is 0.400. The molecule has 0 spiro atoms. The molecule has 4 rings (SSSR count). The van der Waals surface area contributed by atoms with Gasteiger partial charge in [-0.3, -0.25) is 0 Å². The van der Waals surface area contributed by atoms with Crippen molar-refractivity contribution in [3.05, 3.63) is 41.6 Å². The molecule has 0 atom stereocenters. The van der Waals surface area contributed by atoms with Gasteiger partial charge in [0.05, 0.1) is 23.9 Å². The second kappa shape index (κ2) is 4.81. The molecule has 0 saturated heterocycles. The number of nitrogens with zero attached hydrogens (tertiary/aromatic N) is 3. The Morgan fingerprint density at radius 3 is 2.86 bits per heavy atom. The molecule has 0 unspecified atom stereocenters. The molecule has 7 heteroatoms. The van der Waals surface area contributed by atoms with Crippen molar-refractivity contribution in [1.82, 2.24) is 15.1 Å². The van der Waals surface area contributed by atoms with Gasteiger partial charge < -0.3 is 19.1 Å². The number of aromatic nitrogens is 3. The van der Waals surface area contributed by atoms with Crippen LogP contribution in [0.3, 0.4) is 0 Å². The minimum Gasteiger partial charge on any atom is -0.459 e. The zero-order valence-corrected chi connectivity index (χ0v) is 12.2. The van der Waals surface area contributed by atoms with Gasteiger partial charge in [0.2, 0.25) is 5.89 Å². The molecule has 1 aliphatic carbocycles. The average molecular weight is 300 g/mol. The average Bonchev–Trinajstić information content (AvgIpc) is 3.18. The Morgan fingerprint density at radius 1 is 1.32 bits per heavy atom. The van der Waals surface area contributed by atoms with Crippen LogP contribution in [-0.2, 0) is 12.0 Å². The molecule has 22 heavy (non-hydrogen) atoms. The predicted octanol–water partition coefficient (Wildman–Crippen LogP) is 2.55. The van der Waals surface area contributed by atoms with Gasteiger partial charge in [-0.2, -0.15) is 4.98 Å². The number of nitrogens with two attached hydrogens (primary N) is 1. The topological polar surface area (TPSA) is 104 Å². The Balaban J connectivity index is 1.56. The number of rotatable bonds is 4. The third kappa shape index (κ3) is 2.14. The Hall–Kier alpha value is -2.41. The van der Waals surface area contributed by atoms with Crippen LogP contribution >= 0.6 is 0 Å². The third-order valence-corrected chi connectivity index (χ3v) is 4.10. The molecule has 0 amide bonds. The van der Waals surface area contributed by atoms with E-state index in [0.29, 0.717) is 35.5 Å². The van der Waals surface area contributed by atoms with Crippen LogP contribution in [0.15, 0.2) is 31.8 Å². The van der Waals surface area contributed by atoms with Gasteiger partial charge in [-0.05, 0) is 38.3 Å². The summed E-state index contributed by atoms with van der Waals surface area (Å²) in [5.41, 5.74) is 6.53. The number of oxazole rings is 1. The van der Waals surface area contributed by atoms with Crippen molar-refractivity contribution >= 4 is 0 Å². The smallest absolute Gasteiger partial charge is 0.263 e. The van der Waals surface area contributed by atoms with Gasteiger partial charge in [0.1, 0.15) is 5.76 Å². The Morgan fingerprint density at radius 2 is 2.18 bits per heavy atom. The van der Waals surface area contributed by atoms with Crippen molar-refractivity contribution in [3.8, 4) is 11.7 Å². The van der Waals surface area contributed by atoms with Crippen molar-refractivity contribution in [2.75, 3.05) is 0 Å². The standard InChI is InChI=1S/C15H16N4O3/c1-9-10(17-13(21-9)11-4-2-7-20-11)8-12-18-14(19-22-12)15(16)5-3-6-15/h2,4,7H,3,5-6,8,16H2,1H3. The maximum atomic E-state index is 6.20. The van der Waals surface area contributed by atoms with Gasteiger partial charge in [0.15, 0.2) is 11.6 Å². The molecule has 0 radical (unpaired) electrons. The second-order valence-corrected chi connectivity index (χ2v) is 5.70. The van der Waals surface area contributed by atoms with Crippen molar-refractivity contribution in [3.63, 3.8) is 0 Å². The van der Waals surface area contributed by atoms with Crippen LogP contribution in [0.1, 0.15) is 42.4 Å². The molecule has 2 N–H and O–H groups in total. The summed E-state index contributed by atoms with van der Waals surface area (Å²) in [4.78, 5) is 8.84. The first-order chi connectivity index (χ1) is 10.6. The third-order valence-electron chi connectivity index (χ3n) is 4.10. The van der Waals surface area contributed by atoms with E-state index in [0.717, 1.165) is 25.0 Å².